The highest BCUT2D eigenvalue weighted by Gasteiger charge is 2.37. The summed E-state index contributed by atoms with van der Waals surface area (Å²) < 4.78 is 0. The van der Waals surface area contributed by atoms with Gasteiger partial charge in [0.2, 0.25) is 0 Å². The van der Waals surface area contributed by atoms with E-state index in [1.807, 2.05) is 43.4 Å². The number of carbonyl (C=O) groups is 1. The summed E-state index contributed by atoms with van der Waals surface area (Å²) in [5.41, 5.74) is 4.98. The lowest BCUT2D eigenvalue weighted by Gasteiger charge is -2.32. The zero-order chi connectivity index (χ0) is 17.6. The second kappa shape index (κ2) is 6.47. The Labute approximate surface area is 157 Å². The van der Waals surface area contributed by atoms with Crippen molar-refractivity contribution in [2.75, 3.05) is 12.4 Å². The number of nitrogens with zero attached hydrogens (tertiary/aromatic N) is 1. The lowest BCUT2D eigenvalue weighted by atomic mass is 9.73. The van der Waals surface area contributed by atoms with Gasteiger partial charge >= 0.3 is 0 Å². The van der Waals surface area contributed by atoms with Gasteiger partial charge in [-0.05, 0) is 54.2 Å². The van der Waals surface area contributed by atoms with E-state index in [4.69, 9.17) is 28.2 Å². The largest absolute Gasteiger partial charge is 0.387 e. The molecule has 2 unspecified atom stereocenters. The predicted molar refractivity (Wildman–Crippen MR) is 104 cm³/mol. The first kappa shape index (κ1) is 16.6. The van der Waals surface area contributed by atoms with Crippen LogP contribution in [0, 0.1) is 5.92 Å². The number of anilines is 1. The van der Waals surface area contributed by atoms with Crippen molar-refractivity contribution in [3.05, 3.63) is 57.6 Å². The number of halogens is 2. The predicted octanol–water partition coefficient (Wildman–Crippen LogP) is 5.43. The lowest BCUT2D eigenvalue weighted by molar-refractivity contribution is -0.122. The Balaban J connectivity index is 1.69. The molecule has 25 heavy (non-hydrogen) atoms. The lowest BCUT2D eigenvalue weighted by Crippen LogP contribution is -2.35. The van der Waals surface area contributed by atoms with Crippen LogP contribution in [0.4, 0.5) is 11.4 Å². The zero-order valence-electron chi connectivity index (χ0n) is 13.9. The molecule has 1 fully saturated rings. The summed E-state index contributed by atoms with van der Waals surface area (Å²) in [5, 5.41) is 4.45. The van der Waals surface area contributed by atoms with Crippen LogP contribution < -0.4 is 5.32 Å². The normalized spacial score (nSPS) is 22.0. The molecular formula is C20H18Cl2N2O. The fourth-order valence-corrected chi connectivity index (χ4v) is 4.18. The molecule has 0 bridgehead atoms. The molecule has 1 aliphatic heterocycles. The summed E-state index contributed by atoms with van der Waals surface area (Å²) in [4.78, 5) is 17.6. The summed E-state index contributed by atoms with van der Waals surface area (Å²) in [7, 11) is 1.84. The average Bonchev–Trinajstić information content (AvgIpc) is 2.60. The number of Topliss-reactive ketones (excluding diaryl/α,β-unsaturated/α-hetero) is 1. The van der Waals surface area contributed by atoms with E-state index < -0.39 is 0 Å². The number of carbonyl (C=O) groups excluding carboxylic acids is 1. The quantitative estimate of drug-likeness (QED) is 0.763. The number of nitrogens with one attached hydrogen (secondary N) is 1. The van der Waals surface area contributed by atoms with Crippen LogP contribution in [0.15, 0.2) is 41.4 Å². The van der Waals surface area contributed by atoms with Crippen molar-refractivity contribution in [1.29, 1.82) is 0 Å². The van der Waals surface area contributed by atoms with Crippen molar-refractivity contribution in [3.8, 4) is 0 Å². The van der Waals surface area contributed by atoms with Gasteiger partial charge in [0.15, 0.2) is 0 Å². The summed E-state index contributed by atoms with van der Waals surface area (Å²) >= 11 is 12.3. The maximum absolute atomic E-state index is 12.8. The average molecular weight is 373 g/mol. The fourth-order valence-electron chi connectivity index (χ4n) is 3.81. The van der Waals surface area contributed by atoms with Gasteiger partial charge in [-0.3, -0.25) is 9.79 Å². The standard InChI is InChI=1S/C20H18Cl2N2O/c1-23-19-8-13-6-15-18(24-17(13)10-16(19)22)7-12(9-20(15)25)11-2-4-14(21)5-3-11/h2-5,8,10,12,15,23H,6-7,9H2,1H3. The minimum Gasteiger partial charge on any atom is -0.387 e. The highest BCUT2D eigenvalue weighted by Crippen LogP contribution is 2.41. The van der Waals surface area contributed by atoms with Gasteiger partial charge in [0, 0.05) is 24.2 Å². The Morgan fingerprint density at radius 1 is 1.08 bits per heavy atom. The topological polar surface area (TPSA) is 41.5 Å². The van der Waals surface area contributed by atoms with Crippen LogP contribution in [0.5, 0.6) is 0 Å². The number of hydrogen-bond donors (Lipinski definition) is 1. The molecule has 2 aromatic carbocycles. The molecule has 2 aliphatic rings. The number of ketones is 1. The van der Waals surface area contributed by atoms with Crippen molar-refractivity contribution in [3.63, 3.8) is 0 Å². The smallest absolute Gasteiger partial charge is 0.142 e. The minimum absolute atomic E-state index is 0.0954. The Bertz CT molecular complexity index is 874. The number of fused-ring (bicyclic) bond motifs is 2. The summed E-state index contributed by atoms with van der Waals surface area (Å²) in [6.45, 7) is 0. The minimum atomic E-state index is -0.0954. The molecule has 2 atom stereocenters. The Hall–Kier alpha value is -1.84. The first-order valence-electron chi connectivity index (χ1n) is 8.41. The summed E-state index contributed by atoms with van der Waals surface area (Å²) in [5.74, 6) is 0.354. The van der Waals surface area contributed by atoms with Gasteiger partial charge in [-0.1, -0.05) is 35.3 Å². The molecule has 0 spiro atoms. The van der Waals surface area contributed by atoms with E-state index in [1.54, 1.807) is 0 Å². The van der Waals surface area contributed by atoms with Gasteiger partial charge in [0.1, 0.15) is 5.78 Å². The van der Waals surface area contributed by atoms with E-state index in [0.29, 0.717) is 22.9 Å². The SMILES string of the molecule is CNc1cc2c(cc1Cl)N=C1CC(c3ccc(Cl)cc3)CC(=O)C1C2. The third kappa shape index (κ3) is 3.07. The van der Waals surface area contributed by atoms with E-state index in [1.165, 1.54) is 0 Å². The van der Waals surface area contributed by atoms with Crippen LogP contribution >= 0.6 is 23.2 Å². The van der Waals surface area contributed by atoms with Crippen LogP contribution in [0.25, 0.3) is 0 Å². The Morgan fingerprint density at radius 2 is 1.84 bits per heavy atom. The van der Waals surface area contributed by atoms with E-state index >= 15 is 0 Å². The van der Waals surface area contributed by atoms with Crippen molar-refractivity contribution in [1.82, 2.24) is 0 Å². The van der Waals surface area contributed by atoms with Gasteiger partial charge in [0.25, 0.3) is 0 Å². The second-order valence-corrected chi connectivity index (χ2v) is 7.54. The van der Waals surface area contributed by atoms with E-state index in [9.17, 15) is 4.79 Å². The highest BCUT2D eigenvalue weighted by atomic mass is 35.5. The molecule has 3 nitrogen and oxygen atoms in total. The maximum atomic E-state index is 12.8. The summed E-state index contributed by atoms with van der Waals surface area (Å²) in [6, 6.07) is 11.7. The van der Waals surface area contributed by atoms with Crippen molar-refractivity contribution in [2.45, 2.75) is 25.2 Å². The van der Waals surface area contributed by atoms with Gasteiger partial charge in [0.05, 0.1) is 22.3 Å². The van der Waals surface area contributed by atoms with Gasteiger partial charge in [-0.25, -0.2) is 0 Å². The maximum Gasteiger partial charge on any atom is 0.142 e. The molecule has 128 valence electrons. The number of hydrogen-bond acceptors (Lipinski definition) is 3. The summed E-state index contributed by atoms with van der Waals surface area (Å²) in [6.07, 6.45) is 2.09. The van der Waals surface area contributed by atoms with E-state index in [-0.39, 0.29) is 17.6 Å². The number of rotatable bonds is 2. The van der Waals surface area contributed by atoms with E-state index in [0.717, 1.165) is 34.6 Å². The molecule has 1 aliphatic carbocycles. The van der Waals surface area contributed by atoms with Crippen molar-refractivity contribution in [2.24, 2.45) is 10.9 Å². The first-order chi connectivity index (χ1) is 12.0. The molecule has 0 amide bonds. The first-order valence-corrected chi connectivity index (χ1v) is 9.16. The monoisotopic (exact) mass is 372 g/mol. The van der Waals surface area contributed by atoms with Crippen LogP contribution in [0.3, 0.4) is 0 Å². The van der Waals surface area contributed by atoms with Gasteiger partial charge < -0.3 is 5.32 Å². The Morgan fingerprint density at radius 3 is 2.56 bits per heavy atom. The third-order valence-corrected chi connectivity index (χ3v) is 5.73. The van der Waals surface area contributed by atoms with Crippen LogP contribution in [0.2, 0.25) is 10.0 Å². The van der Waals surface area contributed by atoms with Crippen molar-refractivity contribution < 1.29 is 4.79 Å². The second-order valence-electron chi connectivity index (χ2n) is 6.69. The number of benzene rings is 2. The third-order valence-electron chi connectivity index (χ3n) is 5.16. The molecule has 1 heterocycles. The molecule has 4 rings (SSSR count). The molecule has 0 aromatic heterocycles. The number of aliphatic imine (C=N–C) groups is 1. The van der Waals surface area contributed by atoms with Crippen molar-refractivity contribution >= 4 is 46.1 Å². The van der Waals surface area contributed by atoms with Gasteiger partial charge in [-0.2, -0.15) is 0 Å². The van der Waals surface area contributed by atoms with E-state index in [2.05, 4.69) is 5.32 Å². The van der Waals surface area contributed by atoms with Crippen LogP contribution in [-0.2, 0) is 11.2 Å². The van der Waals surface area contributed by atoms with Gasteiger partial charge in [-0.15, -0.1) is 0 Å². The molecular weight excluding hydrogens is 355 g/mol. The fraction of sp³-hybridized carbons (Fsp3) is 0.300. The van der Waals surface area contributed by atoms with Crippen LogP contribution in [-0.4, -0.2) is 18.5 Å². The van der Waals surface area contributed by atoms with Crippen LogP contribution in [0.1, 0.15) is 29.9 Å². The Kier molecular flexibility index (Phi) is 4.30. The molecule has 5 heteroatoms. The molecule has 0 radical (unpaired) electrons. The molecule has 2 aromatic rings. The zero-order valence-corrected chi connectivity index (χ0v) is 15.4. The highest BCUT2D eigenvalue weighted by molar-refractivity contribution is 6.33. The molecule has 1 saturated carbocycles. The molecule has 0 saturated heterocycles. The molecule has 1 N–H and O–H groups in total.